The van der Waals surface area contributed by atoms with Crippen molar-refractivity contribution in [3.05, 3.63) is 82.0 Å². The Bertz CT molecular complexity index is 2260. The minimum absolute atomic E-state index is 0.0186. The van der Waals surface area contributed by atoms with Crippen LogP contribution in [0.2, 0.25) is 5.02 Å². The highest BCUT2D eigenvalue weighted by Gasteiger charge is 2.33. The Hall–Kier alpha value is -3.72. The van der Waals surface area contributed by atoms with Gasteiger partial charge in [0.1, 0.15) is 17.3 Å². The molecule has 1 aliphatic heterocycles. The number of aryl methyl sites for hydroxylation is 2. The van der Waals surface area contributed by atoms with Crippen LogP contribution in [0, 0.1) is 12.7 Å². The molecule has 0 bridgehead atoms. The minimum Gasteiger partial charge on any atom is -0.493 e. The lowest BCUT2D eigenvalue weighted by Gasteiger charge is -2.35. The number of nitrogens with one attached hydrogen (secondary N) is 1. The molecule has 11 nitrogen and oxygen atoms in total. The fourth-order valence-electron chi connectivity index (χ4n) is 7.35. The van der Waals surface area contributed by atoms with Gasteiger partial charge in [-0.05, 0) is 80.8 Å². The number of benzene rings is 3. The first-order valence-corrected chi connectivity index (χ1v) is 21.1. The van der Waals surface area contributed by atoms with Gasteiger partial charge in [0.05, 0.1) is 54.5 Å². The van der Waals surface area contributed by atoms with E-state index in [1.165, 1.54) is 16.4 Å². The first kappa shape index (κ1) is 40.9. The van der Waals surface area contributed by atoms with Gasteiger partial charge in [-0.25, -0.2) is 21.9 Å². The van der Waals surface area contributed by atoms with Crippen molar-refractivity contribution in [3.8, 4) is 16.9 Å². The predicted octanol–water partition coefficient (Wildman–Crippen LogP) is 7.66. The van der Waals surface area contributed by atoms with E-state index in [-0.39, 0.29) is 36.6 Å². The maximum absolute atomic E-state index is 13.9. The van der Waals surface area contributed by atoms with Crippen molar-refractivity contribution in [2.45, 2.75) is 45.6 Å². The highest BCUT2D eigenvalue weighted by Crippen LogP contribution is 2.43. The van der Waals surface area contributed by atoms with Crippen LogP contribution in [0.1, 0.15) is 59.7 Å². The Morgan fingerprint density at radius 1 is 1.11 bits per heavy atom. The number of alkyl halides is 1. The van der Waals surface area contributed by atoms with Gasteiger partial charge in [0.15, 0.2) is 0 Å². The number of aromatic amines is 1. The lowest BCUT2D eigenvalue weighted by atomic mass is 9.94. The van der Waals surface area contributed by atoms with E-state index < -0.39 is 16.0 Å². The molecule has 6 rings (SSSR count). The predicted molar refractivity (Wildman–Crippen MR) is 215 cm³/mol. The van der Waals surface area contributed by atoms with E-state index in [4.69, 9.17) is 42.5 Å². The highest BCUT2D eigenvalue weighted by molar-refractivity contribution is 7.89. The van der Waals surface area contributed by atoms with Crippen LogP contribution in [-0.4, -0.2) is 103 Å². The summed E-state index contributed by atoms with van der Waals surface area (Å²) in [5, 5.41) is 7.93. The Balaban J connectivity index is 1.37. The van der Waals surface area contributed by atoms with Crippen molar-refractivity contribution in [3.63, 3.8) is 0 Å². The molecule has 0 saturated carbocycles. The van der Waals surface area contributed by atoms with Gasteiger partial charge < -0.3 is 19.2 Å². The smallest absolute Gasteiger partial charge is 0.355 e. The quantitative estimate of drug-likeness (QED) is 0.0578. The zero-order chi connectivity index (χ0) is 39.3. The number of fused-ring (bicyclic) bond motifs is 2. The summed E-state index contributed by atoms with van der Waals surface area (Å²) < 4.78 is 60.6. The van der Waals surface area contributed by atoms with Crippen molar-refractivity contribution >= 4 is 60.9 Å². The molecule has 1 atom stereocenters. The van der Waals surface area contributed by atoms with Crippen LogP contribution >= 0.6 is 23.2 Å². The number of hydrogen-bond donors (Lipinski definition) is 1. The van der Waals surface area contributed by atoms with Gasteiger partial charge in [-0.1, -0.05) is 29.8 Å². The van der Waals surface area contributed by atoms with Crippen LogP contribution in [0.4, 0.5) is 4.39 Å². The number of morpholine rings is 1. The Morgan fingerprint density at radius 2 is 1.87 bits per heavy atom. The summed E-state index contributed by atoms with van der Waals surface area (Å²) in [4.78, 5) is 19.2. The maximum Gasteiger partial charge on any atom is 0.355 e. The number of ether oxygens (including phenoxy) is 3. The second kappa shape index (κ2) is 18.0. The SMILES string of the molecule is CCOC(=O)c1[nH]c2c(-c3c(C(CCN(C)S(=O)(=O)CCCCl)N4CCOCC4)nn(C)c3C)c(Cl)ccc2c1CCCOc1cccc2cc(F)ccc12. The zero-order valence-corrected chi connectivity index (χ0v) is 34.0. The fraction of sp³-hybridized carbons (Fsp3) is 0.450. The molecule has 0 radical (unpaired) electrons. The summed E-state index contributed by atoms with van der Waals surface area (Å²) in [6.45, 7) is 6.98. The molecular formula is C40H48Cl2FN5O6S. The van der Waals surface area contributed by atoms with E-state index in [1.54, 1.807) is 20.0 Å². The molecule has 0 aliphatic carbocycles. The molecule has 1 N–H and O–H groups in total. The van der Waals surface area contributed by atoms with E-state index in [9.17, 15) is 17.6 Å². The van der Waals surface area contributed by atoms with Gasteiger partial charge in [0, 0.05) is 67.2 Å². The summed E-state index contributed by atoms with van der Waals surface area (Å²) >= 11 is 12.9. The largest absolute Gasteiger partial charge is 0.493 e. The number of sulfonamides is 1. The Morgan fingerprint density at radius 3 is 2.62 bits per heavy atom. The number of carbonyl (C=O) groups is 1. The molecule has 1 aliphatic rings. The van der Waals surface area contributed by atoms with E-state index in [2.05, 4.69) is 9.88 Å². The van der Waals surface area contributed by atoms with Crippen LogP contribution in [0.3, 0.4) is 0 Å². The Labute approximate surface area is 331 Å². The lowest BCUT2D eigenvalue weighted by molar-refractivity contribution is 0.0126. The summed E-state index contributed by atoms with van der Waals surface area (Å²) in [6, 6.07) is 13.6. The molecule has 1 unspecified atom stereocenters. The Kier molecular flexibility index (Phi) is 13.4. The number of esters is 1. The van der Waals surface area contributed by atoms with Gasteiger partial charge in [-0.15, -0.1) is 11.6 Å². The molecule has 1 saturated heterocycles. The first-order valence-electron chi connectivity index (χ1n) is 18.6. The molecule has 2 aromatic heterocycles. The summed E-state index contributed by atoms with van der Waals surface area (Å²) in [7, 11) is -0.0103. The molecule has 296 valence electrons. The van der Waals surface area contributed by atoms with Crippen LogP contribution in [0.15, 0.2) is 48.5 Å². The monoisotopic (exact) mass is 815 g/mol. The summed E-state index contributed by atoms with van der Waals surface area (Å²) in [5.41, 5.74) is 4.96. The number of halogens is 3. The average molecular weight is 817 g/mol. The second-order valence-electron chi connectivity index (χ2n) is 13.7. The van der Waals surface area contributed by atoms with Crippen molar-refractivity contribution in [1.82, 2.24) is 24.0 Å². The maximum atomic E-state index is 13.9. The van der Waals surface area contributed by atoms with Crippen LogP contribution in [-0.2, 0) is 33.0 Å². The fourth-order valence-corrected chi connectivity index (χ4v) is 9.10. The highest BCUT2D eigenvalue weighted by atomic mass is 35.5. The van der Waals surface area contributed by atoms with Gasteiger partial charge in [0.25, 0.3) is 0 Å². The summed E-state index contributed by atoms with van der Waals surface area (Å²) in [5.74, 6) is 0.129. The molecule has 5 aromatic rings. The number of carbonyl (C=O) groups excluding carboxylic acids is 1. The first-order chi connectivity index (χ1) is 26.4. The van der Waals surface area contributed by atoms with Gasteiger partial charge in [-0.3, -0.25) is 9.58 Å². The number of aromatic nitrogens is 3. The van der Waals surface area contributed by atoms with E-state index in [0.29, 0.717) is 86.1 Å². The van der Waals surface area contributed by atoms with E-state index in [1.807, 2.05) is 49.0 Å². The normalized spacial score (nSPS) is 14.6. The number of rotatable bonds is 17. The standard InChI is InChI=1S/C40H48Cl2FN5O6S/c1-5-53-40(49)38-30(10-7-21-54-34-11-6-9-27-25-28(43)12-13-29(27)34)31-14-15-32(42)36(37(31)44-38)35-26(2)47(4)45-39(35)33(48-19-22-52-23-20-48)16-18-46(3)55(50,51)24-8-17-41/h6,9,11-15,25,33,44H,5,7-8,10,16-24H2,1-4H3. The molecule has 1 fully saturated rings. The molecule has 0 amide bonds. The van der Waals surface area contributed by atoms with Gasteiger partial charge in [0.2, 0.25) is 10.0 Å². The van der Waals surface area contributed by atoms with Crippen molar-refractivity contribution in [1.29, 1.82) is 0 Å². The van der Waals surface area contributed by atoms with Crippen LogP contribution in [0.5, 0.6) is 5.75 Å². The van der Waals surface area contributed by atoms with Crippen molar-refractivity contribution in [2.75, 3.05) is 64.7 Å². The molecule has 3 heterocycles. The lowest BCUT2D eigenvalue weighted by Crippen LogP contribution is -2.41. The summed E-state index contributed by atoms with van der Waals surface area (Å²) in [6.07, 6.45) is 1.92. The van der Waals surface area contributed by atoms with Crippen molar-refractivity contribution in [2.24, 2.45) is 7.05 Å². The van der Waals surface area contributed by atoms with Crippen LogP contribution < -0.4 is 4.74 Å². The molecule has 15 heteroatoms. The van der Waals surface area contributed by atoms with Crippen molar-refractivity contribution < 1.29 is 31.8 Å². The zero-order valence-electron chi connectivity index (χ0n) is 31.7. The van der Waals surface area contributed by atoms with Gasteiger partial charge >= 0.3 is 5.97 Å². The average Bonchev–Trinajstić information content (AvgIpc) is 3.68. The molecule has 3 aromatic carbocycles. The number of hydrogen-bond acceptors (Lipinski definition) is 8. The second-order valence-corrected chi connectivity index (χ2v) is 16.7. The minimum atomic E-state index is -3.50. The van der Waals surface area contributed by atoms with Gasteiger partial charge in [-0.2, -0.15) is 5.10 Å². The molecular weight excluding hydrogens is 768 g/mol. The molecule has 55 heavy (non-hydrogen) atoms. The third-order valence-electron chi connectivity index (χ3n) is 10.3. The van der Waals surface area contributed by atoms with Crippen LogP contribution in [0.25, 0.3) is 32.8 Å². The molecule has 0 spiro atoms. The van der Waals surface area contributed by atoms with E-state index >= 15 is 0 Å². The third-order valence-corrected chi connectivity index (χ3v) is 12.8. The van der Waals surface area contributed by atoms with E-state index in [0.717, 1.165) is 38.7 Å². The number of H-pyrrole nitrogens is 1. The third kappa shape index (κ3) is 8.97. The topological polar surface area (TPSA) is 119 Å². The number of nitrogens with zero attached hydrogens (tertiary/aromatic N) is 4.